The molecule has 0 radical (unpaired) electrons. The Hall–Kier alpha value is -4.27. The molecule has 2 aliphatic rings. The van der Waals surface area contributed by atoms with Crippen LogP contribution in [0.15, 0.2) is 58.4 Å². The first kappa shape index (κ1) is 29.2. The fourth-order valence-electron chi connectivity index (χ4n) is 4.85. The highest BCUT2D eigenvalue weighted by molar-refractivity contribution is 7.98. The standard InChI is InChI=1S/C27H22F5N3O6S/c1-14(27(30,31)32)33-12-35(34-10-9-19(36)24(23(34)25(33)37)40-13-41-26(38)39-2)22-15-7-8-18(28)21(29)17(15)11-42-20-6-4-3-5-16(20)22/h3-10,14,22H,11-13H2,1-2H3/t14-,22+/m1/s1. The first-order valence-electron chi connectivity index (χ1n) is 12.4. The molecular weight excluding hydrogens is 589 g/mol. The number of pyridine rings is 1. The van der Waals surface area contributed by atoms with Gasteiger partial charge in [-0.15, -0.1) is 11.8 Å². The summed E-state index contributed by atoms with van der Waals surface area (Å²) >= 11 is 1.22. The number of hydrogen-bond donors (Lipinski definition) is 0. The molecule has 0 fully saturated rings. The summed E-state index contributed by atoms with van der Waals surface area (Å²) in [7, 11) is 1.02. The van der Waals surface area contributed by atoms with Crippen LogP contribution in [0, 0.1) is 11.6 Å². The van der Waals surface area contributed by atoms with E-state index >= 15 is 4.39 Å². The van der Waals surface area contributed by atoms with Crippen molar-refractivity contribution in [3.8, 4) is 5.75 Å². The van der Waals surface area contributed by atoms with Gasteiger partial charge in [0.1, 0.15) is 12.7 Å². The van der Waals surface area contributed by atoms with Crippen LogP contribution in [0.25, 0.3) is 0 Å². The lowest BCUT2D eigenvalue weighted by Gasteiger charge is -2.46. The minimum absolute atomic E-state index is 0.000864. The third-order valence-corrected chi connectivity index (χ3v) is 8.09. The van der Waals surface area contributed by atoms with Gasteiger partial charge in [-0.3, -0.25) is 19.3 Å². The first-order valence-corrected chi connectivity index (χ1v) is 13.3. The van der Waals surface area contributed by atoms with Crippen molar-refractivity contribution in [3.05, 3.63) is 92.9 Å². The molecule has 2 atom stereocenters. The fourth-order valence-corrected chi connectivity index (χ4v) is 5.96. The number of alkyl halides is 3. The highest BCUT2D eigenvalue weighted by Gasteiger charge is 2.48. The van der Waals surface area contributed by atoms with Crippen molar-refractivity contribution in [1.82, 2.24) is 9.58 Å². The Kier molecular flexibility index (Phi) is 7.79. The number of nitrogens with zero attached hydrogens (tertiary/aromatic N) is 3. The van der Waals surface area contributed by atoms with Gasteiger partial charge in [-0.1, -0.05) is 24.3 Å². The largest absolute Gasteiger partial charge is 0.510 e. The van der Waals surface area contributed by atoms with Crippen LogP contribution in [0.4, 0.5) is 26.7 Å². The van der Waals surface area contributed by atoms with E-state index in [9.17, 15) is 31.9 Å². The van der Waals surface area contributed by atoms with Crippen molar-refractivity contribution >= 4 is 23.8 Å². The molecule has 42 heavy (non-hydrogen) atoms. The molecule has 3 aromatic rings. The molecule has 5 rings (SSSR count). The minimum Gasteiger partial charge on any atom is -0.451 e. The maximum Gasteiger partial charge on any atom is 0.510 e. The van der Waals surface area contributed by atoms with Gasteiger partial charge in [-0.2, -0.15) is 13.2 Å². The van der Waals surface area contributed by atoms with Gasteiger partial charge in [-0.05, 0) is 30.2 Å². The van der Waals surface area contributed by atoms with Crippen LogP contribution in [0.3, 0.4) is 0 Å². The van der Waals surface area contributed by atoms with E-state index in [0.717, 1.165) is 30.8 Å². The zero-order valence-corrected chi connectivity index (χ0v) is 22.8. The molecule has 0 N–H and O–H groups in total. The predicted octanol–water partition coefficient (Wildman–Crippen LogP) is 4.94. The number of fused-ring (bicyclic) bond motifs is 3. The van der Waals surface area contributed by atoms with Crippen LogP contribution in [0.5, 0.6) is 5.75 Å². The van der Waals surface area contributed by atoms with Crippen LogP contribution >= 0.6 is 11.8 Å². The number of thioether (sulfide) groups is 1. The number of ether oxygens (including phenoxy) is 3. The number of carbonyl (C=O) groups is 2. The van der Waals surface area contributed by atoms with Gasteiger partial charge in [0.15, 0.2) is 17.3 Å². The average molecular weight is 612 g/mol. The number of methoxy groups -OCH3 is 1. The molecule has 15 heteroatoms. The highest BCUT2D eigenvalue weighted by atomic mass is 32.2. The summed E-state index contributed by atoms with van der Waals surface area (Å²) in [5.74, 6) is -4.04. The quantitative estimate of drug-likeness (QED) is 0.228. The summed E-state index contributed by atoms with van der Waals surface area (Å²) in [6.07, 6.45) is -4.85. The zero-order valence-electron chi connectivity index (χ0n) is 22.0. The number of aromatic nitrogens is 1. The van der Waals surface area contributed by atoms with Crippen LogP contribution in [-0.4, -0.2) is 54.4 Å². The number of rotatable bonds is 5. The van der Waals surface area contributed by atoms with E-state index < -0.39 is 72.3 Å². The summed E-state index contributed by atoms with van der Waals surface area (Å²) < 4.78 is 87.0. The normalized spacial score (nSPS) is 17.0. The third kappa shape index (κ3) is 5.12. The lowest BCUT2D eigenvalue weighted by molar-refractivity contribution is -0.173. The van der Waals surface area contributed by atoms with Gasteiger partial charge < -0.3 is 19.1 Å². The van der Waals surface area contributed by atoms with Crippen LogP contribution in [-0.2, 0) is 15.2 Å². The maximum atomic E-state index is 15.2. The van der Waals surface area contributed by atoms with Gasteiger partial charge in [0.25, 0.3) is 5.91 Å². The molecule has 222 valence electrons. The molecule has 3 heterocycles. The number of amides is 1. The second kappa shape index (κ2) is 11.2. The molecule has 2 aromatic carbocycles. The van der Waals surface area contributed by atoms with Crippen LogP contribution in [0.1, 0.15) is 40.1 Å². The Morgan fingerprint density at radius 2 is 1.83 bits per heavy atom. The fraction of sp³-hybridized carbons (Fsp3) is 0.296. The van der Waals surface area contributed by atoms with Crippen molar-refractivity contribution in [2.24, 2.45) is 0 Å². The molecule has 0 spiro atoms. The van der Waals surface area contributed by atoms with Crippen molar-refractivity contribution in [2.45, 2.75) is 35.8 Å². The Morgan fingerprint density at radius 1 is 1.10 bits per heavy atom. The van der Waals surface area contributed by atoms with Crippen molar-refractivity contribution in [2.75, 3.05) is 25.6 Å². The minimum atomic E-state index is -4.86. The van der Waals surface area contributed by atoms with E-state index in [2.05, 4.69) is 9.47 Å². The topological polar surface area (TPSA) is 90.3 Å². The predicted molar refractivity (Wildman–Crippen MR) is 139 cm³/mol. The summed E-state index contributed by atoms with van der Waals surface area (Å²) in [5.41, 5.74) is -0.672. The van der Waals surface area contributed by atoms with Gasteiger partial charge in [0.05, 0.1) is 13.2 Å². The first-order chi connectivity index (χ1) is 19.9. The lowest BCUT2D eigenvalue weighted by Crippen LogP contribution is -2.60. The Balaban J connectivity index is 1.75. The molecule has 0 saturated heterocycles. The van der Waals surface area contributed by atoms with Crippen molar-refractivity contribution in [1.29, 1.82) is 0 Å². The Morgan fingerprint density at radius 3 is 2.55 bits per heavy atom. The van der Waals surface area contributed by atoms with Crippen molar-refractivity contribution < 1.29 is 45.8 Å². The summed E-state index contributed by atoms with van der Waals surface area (Å²) in [5, 5.41) is 1.34. The Labute approximate surface area is 239 Å². The molecule has 0 bridgehead atoms. The highest BCUT2D eigenvalue weighted by Crippen LogP contribution is 2.44. The third-order valence-electron chi connectivity index (χ3n) is 6.97. The van der Waals surface area contributed by atoms with E-state index in [0.29, 0.717) is 15.4 Å². The summed E-state index contributed by atoms with van der Waals surface area (Å²) in [4.78, 5) is 39.0. The molecule has 0 saturated carbocycles. The molecule has 9 nitrogen and oxygen atoms in total. The van der Waals surface area contributed by atoms with Gasteiger partial charge >= 0.3 is 12.3 Å². The van der Waals surface area contributed by atoms with Crippen LogP contribution < -0.4 is 15.2 Å². The zero-order chi connectivity index (χ0) is 30.3. The number of carbonyl (C=O) groups excluding carboxylic acids is 2. The molecule has 2 aliphatic heterocycles. The number of benzene rings is 2. The van der Waals surface area contributed by atoms with Gasteiger partial charge in [0.2, 0.25) is 18.0 Å². The van der Waals surface area contributed by atoms with Gasteiger partial charge in [-0.25, -0.2) is 13.6 Å². The lowest BCUT2D eigenvalue weighted by atomic mass is 9.93. The van der Waals surface area contributed by atoms with Crippen molar-refractivity contribution in [3.63, 3.8) is 0 Å². The monoisotopic (exact) mass is 611 g/mol. The summed E-state index contributed by atoms with van der Waals surface area (Å²) in [6, 6.07) is 6.77. The van der Waals surface area contributed by atoms with E-state index in [4.69, 9.17) is 4.74 Å². The van der Waals surface area contributed by atoms with Gasteiger partial charge in [0, 0.05) is 28.5 Å². The number of hydrogen-bond acceptors (Lipinski definition) is 8. The number of halogens is 5. The van der Waals surface area contributed by atoms with E-state index in [1.54, 1.807) is 24.3 Å². The smallest absolute Gasteiger partial charge is 0.451 e. The SMILES string of the molecule is COC(=O)OCOc1c2n(ccc1=O)N([C@@H]1c3ccccc3SCc3c1ccc(F)c3F)CN([C@H](C)C(F)(F)F)C2=O. The molecular formula is C27H22F5N3O6S. The molecule has 0 unspecified atom stereocenters. The maximum absolute atomic E-state index is 15.2. The second-order valence-electron chi connectivity index (χ2n) is 9.29. The molecule has 1 aromatic heterocycles. The molecule has 1 amide bonds. The van der Waals surface area contributed by atoms with E-state index in [-0.39, 0.29) is 16.9 Å². The van der Waals surface area contributed by atoms with E-state index in [1.807, 2.05) is 0 Å². The second-order valence-corrected chi connectivity index (χ2v) is 10.3. The summed E-state index contributed by atoms with van der Waals surface area (Å²) in [6.45, 7) is -0.763. The molecule has 0 aliphatic carbocycles. The Bertz CT molecular complexity index is 1610. The van der Waals surface area contributed by atoms with Crippen LogP contribution in [0.2, 0.25) is 0 Å². The van der Waals surface area contributed by atoms with E-state index in [1.165, 1.54) is 29.0 Å². The average Bonchev–Trinajstić information content (AvgIpc) is 3.12.